The minimum Gasteiger partial charge on any atom is -0.377 e. The SMILES string of the molecule is O=S(=O)(Oc1cc2c(c3c1c1ccccc1n3-c1ccc3c(c1)c1ccccc1n3-c1ccccc1)-c1ccccc1C2(c1ccccc1)c1ccccc1)C(F)(F)C(F)(F)C(F)(F)C(F)(F)F. The van der Waals surface area contributed by atoms with Gasteiger partial charge >= 0.3 is 33.4 Å². The molecule has 5 nitrogen and oxygen atoms in total. The van der Waals surface area contributed by atoms with Crippen LogP contribution in [0.4, 0.5) is 39.5 Å². The highest BCUT2D eigenvalue weighted by molar-refractivity contribution is 7.88. The monoisotopic (exact) mass is 946 g/mol. The van der Waals surface area contributed by atoms with E-state index in [-0.39, 0.29) is 21.9 Å². The van der Waals surface area contributed by atoms with Crippen molar-refractivity contribution in [3.05, 3.63) is 210 Å². The molecule has 2 aromatic heterocycles. The number of hydrogen-bond donors (Lipinski definition) is 0. The molecule has 8 aromatic carbocycles. The van der Waals surface area contributed by atoms with Crippen molar-refractivity contribution < 1.29 is 52.1 Å². The Morgan fingerprint density at radius 2 is 0.971 bits per heavy atom. The van der Waals surface area contributed by atoms with E-state index in [1.54, 1.807) is 102 Å². The topological polar surface area (TPSA) is 53.2 Å². The van der Waals surface area contributed by atoms with Crippen LogP contribution in [0.2, 0.25) is 0 Å². The van der Waals surface area contributed by atoms with Crippen LogP contribution < -0.4 is 4.18 Å². The van der Waals surface area contributed by atoms with Crippen LogP contribution in [0.3, 0.4) is 0 Å². The van der Waals surface area contributed by atoms with Crippen LogP contribution in [0.15, 0.2) is 188 Å². The van der Waals surface area contributed by atoms with Crippen LogP contribution in [0, 0.1) is 0 Å². The van der Waals surface area contributed by atoms with Gasteiger partial charge in [-0.15, -0.1) is 0 Å². The molecule has 0 spiro atoms. The molecule has 0 saturated carbocycles. The standard InChI is InChI=1S/C53H31F9N2O3S/c54-50(55,52(58,59)60)51(56,57)53(61,62)68(65,66)67-45-31-41-46(37-23-10-13-25-40(37)49(41,32-16-4-1-5-17-32)33-18-6-2-7-19-33)48-47(45)38-24-12-15-27-43(38)64(48)35-28-29-44-39(30-35)36-22-11-14-26-42(36)63(44)34-20-8-3-9-21-34/h1-31H. The molecule has 0 fully saturated rings. The Labute approximate surface area is 381 Å². The molecule has 0 aliphatic heterocycles. The van der Waals surface area contributed by atoms with Crippen molar-refractivity contribution in [1.29, 1.82) is 0 Å². The maximum absolute atomic E-state index is 15.8. The average molecular weight is 947 g/mol. The van der Waals surface area contributed by atoms with Gasteiger partial charge in [-0.25, -0.2) is 0 Å². The molecule has 11 rings (SSSR count). The quantitative estimate of drug-likeness (QED) is 0.107. The van der Waals surface area contributed by atoms with Crippen LogP contribution >= 0.6 is 0 Å². The molecule has 0 atom stereocenters. The highest BCUT2D eigenvalue weighted by Gasteiger charge is 2.86. The Kier molecular flexibility index (Phi) is 9.34. The maximum Gasteiger partial charge on any atom is 0.460 e. The number of fused-ring (bicyclic) bond motifs is 10. The van der Waals surface area contributed by atoms with Gasteiger partial charge in [0.15, 0.2) is 5.75 Å². The van der Waals surface area contributed by atoms with Crippen LogP contribution in [-0.4, -0.2) is 40.8 Å². The number of halogens is 9. The van der Waals surface area contributed by atoms with Crippen molar-refractivity contribution >= 4 is 53.7 Å². The van der Waals surface area contributed by atoms with Crippen LogP contribution in [0.5, 0.6) is 5.75 Å². The first kappa shape index (κ1) is 43.1. The van der Waals surface area contributed by atoms with E-state index in [1.165, 1.54) is 6.07 Å². The van der Waals surface area contributed by atoms with Gasteiger partial charge in [-0.1, -0.05) is 140 Å². The fourth-order valence-corrected chi connectivity index (χ4v) is 10.9. The molecule has 15 heteroatoms. The first-order valence-electron chi connectivity index (χ1n) is 21.0. The Morgan fingerprint density at radius 3 is 1.59 bits per heavy atom. The molecule has 1 aliphatic carbocycles. The molecular formula is C53H31F9N2O3S. The predicted octanol–water partition coefficient (Wildman–Crippen LogP) is 14.4. The number of nitrogens with zero attached hydrogens (tertiary/aromatic N) is 2. The van der Waals surface area contributed by atoms with Crippen molar-refractivity contribution in [3.8, 4) is 28.3 Å². The smallest absolute Gasteiger partial charge is 0.377 e. The fraction of sp³-hybridized carbons (Fsp3) is 0.0943. The Bertz CT molecular complexity index is 3720. The summed E-state index contributed by atoms with van der Waals surface area (Å²) in [6, 6.07) is 55.3. The molecule has 0 unspecified atom stereocenters. The average Bonchev–Trinajstić information content (AvgIpc) is 3.96. The van der Waals surface area contributed by atoms with E-state index in [4.69, 9.17) is 4.18 Å². The van der Waals surface area contributed by atoms with Gasteiger partial charge in [0.25, 0.3) is 0 Å². The van der Waals surface area contributed by atoms with Gasteiger partial charge in [0.1, 0.15) is 0 Å². The van der Waals surface area contributed by atoms with Gasteiger partial charge in [0, 0.05) is 33.1 Å². The van der Waals surface area contributed by atoms with E-state index in [1.807, 2.05) is 78.9 Å². The summed E-state index contributed by atoms with van der Waals surface area (Å²) < 4.78 is 167. The van der Waals surface area contributed by atoms with Crippen LogP contribution in [-0.2, 0) is 15.5 Å². The van der Waals surface area contributed by atoms with Gasteiger partial charge in [0.2, 0.25) is 0 Å². The molecule has 10 aromatic rings. The van der Waals surface area contributed by atoms with Gasteiger partial charge in [0.05, 0.1) is 32.9 Å². The third-order valence-electron chi connectivity index (χ3n) is 12.9. The summed E-state index contributed by atoms with van der Waals surface area (Å²) in [5, 5.41) is -5.60. The Hall–Kier alpha value is -7.52. The van der Waals surface area contributed by atoms with E-state index in [0.29, 0.717) is 39.0 Å². The summed E-state index contributed by atoms with van der Waals surface area (Å²) >= 11 is 0. The molecule has 0 saturated heterocycles. The number of aromatic nitrogens is 2. The number of benzene rings is 8. The van der Waals surface area contributed by atoms with E-state index in [9.17, 15) is 30.4 Å². The zero-order valence-electron chi connectivity index (χ0n) is 34.8. The summed E-state index contributed by atoms with van der Waals surface area (Å²) in [7, 11) is -7.43. The van der Waals surface area contributed by atoms with Gasteiger partial charge in [-0.2, -0.15) is 47.9 Å². The molecule has 340 valence electrons. The summed E-state index contributed by atoms with van der Waals surface area (Å²) in [5.74, 6) is -16.1. The van der Waals surface area contributed by atoms with Crippen molar-refractivity contribution in [1.82, 2.24) is 9.13 Å². The Morgan fingerprint density at radius 1 is 0.456 bits per heavy atom. The highest BCUT2D eigenvalue weighted by atomic mass is 32.2. The largest absolute Gasteiger partial charge is 0.460 e. The lowest BCUT2D eigenvalue weighted by Gasteiger charge is -2.34. The van der Waals surface area contributed by atoms with E-state index >= 15 is 17.6 Å². The van der Waals surface area contributed by atoms with Gasteiger partial charge < -0.3 is 13.3 Å². The zero-order valence-corrected chi connectivity index (χ0v) is 35.6. The van der Waals surface area contributed by atoms with Crippen LogP contribution in [0.1, 0.15) is 22.3 Å². The van der Waals surface area contributed by atoms with E-state index in [2.05, 4.69) is 4.57 Å². The van der Waals surface area contributed by atoms with E-state index in [0.717, 1.165) is 33.6 Å². The molecule has 0 amide bonds. The number of para-hydroxylation sites is 3. The lowest BCUT2D eigenvalue weighted by atomic mass is 9.67. The maximum atomic E-state index is 15.8. The predicted molar refractivity (Wildman–Crippen MR) is 243 cm³/mol. The number of alkyl halides is 9. The second-order valence-corrected chi connectivity index (χ2v) is 18.1. The van der Waals surface area contributed by atoms with Crippen molar-refractivity contribution in [3.63, 3.8) is 0 Å². The third kappa shape index (κ3) is 5.74. The number of rotatable bonds is 9. The molecule has 0 N–H and O–H groups in total. The first-order valence-corrected chi connectivity index (χ1v) is 22.4. The number of hydrogen-bond acceptors (Lipinski definition) is 3. The summed E-state index contributed by atoms with van der Waals surface area (Å²) in [6.07, 6.45) is -7.28. The third-order valence-corrected chi connectivity index (χ3v) is 14.2. The fourth-order valence-electron chi connectivity index (χ4n) is 10.0. The minimum atomic E-state index is -7.54. The van der Waals surface area contributed by atoms with E-state index < -0.39 is 44.6 Å². The lowest BCUT2D eigenvalue weighted by molar-refractivity contribution is -0.382. The highest BCUT2D eigenvalue weighted by Crippen LogP contribution is 2.61. The van der Waals surface area contributed by atoms with Crippen LogP contribution in [0.25, 0.3) is 66.1 Å². The molecule has 1 aliphatic rings. The molecule has 0 bridgehead atoms. The van der Waals surface area contributed by atoms with Crippen molar-refractivity contribution in [2.45, 2.75) is 28.7 Å². The first-order chi connectivity index (χ1) is 32.4. The molecular weight excluding hydrogens is 916 g/mol. The van der Waals surface area contributed by atoms with Gasteiger partial charge in [-0.05, 0) is 76.3 Å². The second kappa shape index (κ2) is 14.7. The summed E-state index contributed by atoms with van der Waals surface area (Å²) in [6.45, 7) is 0. The zero-order chi connectivity index (χ0) is 47.6. The normalized spacial score (nSPS) is 14.2. The Balaban J connectivity index is 1.29. The lowest BCUT2D eigenvalue weighted by Crippen LogP contribution is -2.63. The van der Waals surface area contributed by atoms with Gasteiger partial charge in [-0.3, -0.25) is 0 Å². The summed E-state index contributed by atoms with van der Waals surface area (Å²) in [5.41, 5.74) is 5.11. The summed E-state index contributed by atoms with van der Waals surface area (Å²) in [4.78, 5) is 0. The molecule has 0 radical (unpaired) electrons. The molecule has 2 heterocycles. The second-order valence-electron chi connectivity index (χ2n) is 16.5. The van der Waals surface area contributed by atoms with Crippen molar-refractivity contribution in [2.75, 3.05) is 0 Å². The van der Waals surface area contributed by atoms with Crippen molar-refractivity contribution in [2.24, 2.45) is 0 Å². The minimum absolute atomic E-state index is 0.136. The molecule has 68 heavy (non-hydrogen) atoms.